The lowest BCUT2D eigenvalue weighted by molar-refractivity contribution is -0.0177. The second kappa shape index (κ2) is 22.8. The van der Waals surface area contributed by atoms with Gasteiger partial charge in [-0.25, -0.2) is 0 Å². The molecule has 1 N–H and O–H groups in total. The van der Waals surface area contributed by atoms with Gasteiger partial charge >= 0.3 is 0 Å². The Balaban J connectivity index is 0. The van der Waals surface area contributed by atoms with Crippen LogP contribution in [0.3, 0.4) is 0 Å². The van der Waals surface area contributed by atoms with Crippen molar-refractivity contribution in [3.63, 3.8) is 0 Å². The zero-order valence-electron chi connectivity index (χ0n) is 17.1. The van der Waals surface area contributed by atoms with Gasteiger partial charge < -0.3 is 33.7 Å². The zero-order chi connectivity index (χ0) is 19.1. The van der Waals surface area contributed by atoms with Crippen molar-refractivity contribution in [2.24, 2.45) is 5.92 Å². The molecule has 160 valence electrons. The molecule has 0 heterocycles. The summed E-state index contributed by atoms with van der Waals surface area (Å²) >= 11 is 0. The average Bonchev–Trinajstić information content (AvgIpc) is 2.62. The van der Waals surface area contributed by atoms with E-state index in [9.17, 15) is 0 Å². The van der Waals surface area contributed by atoms with Gasteiger partial charge in [0.1, 0.15) is 0 Å². The van der Waals surface area contributed by atoms with Gasteiger partial charge in [-0.15, -0.1) is 0 Å². The molecule has 0 spiro atoms. The summed E-state index contributed by atoms with van der Waals surface area (Å²) in [4.78, 5) is 0. The summed E-state index contributed by atoms with van der Waals surface area (Å²) in [5.74, 6) is 0.565. The molecule has 0 aliphatic carbocycles. The fourth-order valence-corrected chi connectivity index (χ4v) is 1.86. The predicted octanol–water partition coefficient (Wildman–Crippen LogP) is 1.99. The quantitative estimate of drug-likeness (QED) is 0.288. The van der Waals surface area contributed by atoms with E-state index in [2.05, 4.69) is 26.1 Å². The van der Waals surface area contributed by atoms with E-state index in [1.807, 2.05) is 0 Å². The molecule has 0 amide bonds. The Morgan fingerprint density at radius 2 is 0.962 bits per heavy atom. The van der Waals surface area contributed by atoms with Gasteiger partial charge in [-0.05, 0) is 18.9 Å². The topological polar surface area (TPSA) is 67.4 Å². The number of rotatable bonds is 22. The summed E-state index contributed by atoms with van der Waals surface area (Å²) in [5, 5.41) is 3.28. The van der Waals surface area contributed by atoms with Gasteiger partial charge in [-0.3, -0.25) is 0 Å². The maximum Gasteiger partial charge on any atom is 0.0701 e. The van der Waals surface area contributed by atoms with E-state index >= 15 is 0 Å². The molecule has 0 aromatic carbocycles. The standard InChI is InChI=1S/C19H41NO6.H2/c1-4-5-20-6-7-21-8-9-22-10-11-23-12-13-24-14-15-25-16-17-26-18-19(2)3;/h19-20H,4-18H2,1-3H3;1H. The van der Waals surface area contributed by atoms with E-state index in [-0.39, 0.29) is 1.43 Å². The van der Waals surface area contributed by atoms with Crippen LogP contribution in [0, 0.1) is 5.92 Å². The third kappa shape index (κ3) is 23.7. The summed E-state index contributed by atoms with van der Waals surface area (Å²) in [7, 11) is 0. The average molecular weight is 382 g/mol. The molecule has 0 aliphatic rings. The van der Waals surface area contributed by atoms with Gasteiger partial charge in [0.05, 0.1) is 72.7 Å². The normalized spacial score (nSPS) is 11.5. The molecular weight excluding hydrogens is 338 g/mol. The lowest BCUT2D eigenvalue weighted by Gasteiger charge is -2.09. The van der Waals surface area contributed by atoms with Crippen molar-refractivity contribution in [2.75, 3.05) is 92.4 Å². The molecule has 0 aromatic heterocycles. The highest BCUT2D eigenvalue weighted by Gasteiger charge is 1.95. The summed E-state index contributed by atoms with van der Waals surface area (Å²) in [6, 6.07) is 0. The van der Waals surface area contributed by atoms with Gasteiger partial charge in [-0.1, -0.05) is 20.8 Å². The van der Waals surface area contributed by atoms with Crippen LogP contribution >= 0.6 is 0 Å². The van der Waals surface area contributed by atoms with Gasteiger partial charge in [-0.2, -0.15) is 0 Å². The van der Waals surface area contributed by atoms with Gasteiger partial charge in [0.15, 0.2) is 0 Å². The molecule has 0 unspecified atom stereocenters. The number of hydrogen-bond acceptors (Lipinski definition) is 7. The lowest BCUT2D eigenvalue weighted by atomic mass is 10.2. The second-order valence-electron chi connectivity index (χ2n) is 6.28. The van der Waals surface area contributed by atoms with Crippen LogP contribution in [-0.2, 0) is 28.4 Å². The Bertz CT molecular complexity index is 262. The smallest absolute Gasteiger partial charge is 0.0701 e. The molecule has 0 aliphatic heterocycles. The van der Waals surface area contributed by atoms with Crippen molar-refractivity contribution in [1.82, 2.24) is 5.32 Å². The van der Waals surface area contributed by atoms with E-state index in [4.69, 9.17) is 28.4 Å². The highest BCUT2D eigenvalue weighted by Crippen LogP contribution is 1.92. The predicted molar refractivity (Wildman–Crippen MR) is 105 cm³/mol. The van der Waals surface area contributed by atoms with Gasteiger partial charge in [0.25, 0.3) is 0 Å². The highest BCUT2D eigenvalue weighted by atomic mass is 16.6. The summed E-state index contributed by atoms with van der Waals surface area (Å²) in [5.41, 5.74) is 0. The van der Waals surface area contributed by atoms with E-state index in [1.165, 1.54) is 0 Å². The van der Waals surface area contributed by atoms with Crippen LogP contribution < -0.4 is 5.32 Å². The van der Waals surface area contributed by atoms with Crippen LogP contribution in [0.2, 0.25) is 0 Å². The van der Waals surface area contributed by atoms with E-state index in [0.717, 1.165) is 32.7 Å². The van der Waals surface area contributed by atoms with Crippen molar-refractivity contribution >= 4 is 0 Å². The van der Waals surface area contributed by atoms with E-state index < -0.39 is 0 Å². The SMILES string of the molecule is CCCNCCOCCOCCOCCOCCOCCOCC(C)C.[HH]. The van der Waals surface area contributed by atoms with Crippen LogP contribution in [0.5, 0.6) is 0 Å². The number of nitrogens with one attached hydrogen (secondary N) is 1. The molecule has 7 nitrogen and oxygen atoms in total. The second-order valence-corrected chi connectivity index (χ2v) is 6.28. The Morgan fingerprint density at radius 3 is 1.35 bits per heavy atom. The number of ether oxygens (including phenoxy) is 6. The zero-order valence-corrected chi connectivity index (χ0v) is 17.1. The van der Waals surface area contributed by atoms with Crippen molar-refractivity contribution in [3.8, 4) is 0 Å². The van der Waals surface area contributed by atoms with Crippen LogP contribution in [0.1, 0.15) is 28.6 Å². The first-order chi connectivity index (χ1) is 12.8. The Labute approximate surface area is 161 Å². The Kier molecular flexibility index (Phi) is 22.5. The van der Waals surface area contributed by atoms with Crippen molar-refractivity contribution in [3.05, 3.63) is 0 Å². The monoisotopic (exact) mass is 381 g/mol. The van der Waals surface area contributed by atoms with E-state index in [0.29, 0.717) is 72.0 Å². The fourth-order valence-electron chi connectivity index (χ4n) is 1.86. The molecule has 0 saturated carbocycles. The Hall–Kier alpha value is -0.280. The molecule has 26 heavy (non-hydrogen) atoms. The maximum absolute atomic E-state index is 5.44. The first kappa shape index (κ1) is 25.7. The minimum atomic E-state index is 0. The van der Waals surface area contributed by atoms with Crippen LogP contribution in [0.15, 0.2) is 0 Å². The highest BCUT2D eigenvalue weighted by molar-refractivity contribution is 4.43. The maximum atomic E-state index is 5.44. The minimum absolute atomic E-state index is 0. The molecule has 0 saturated heterocycles. The molecule has 0 aromatic rings. The largest absolute Gasteiger partial charge is 0.379 e. The molecule has 0 atom stereocenters. The van der Waals surface area contributed by atoms with Crippen LogP contribution in [0.25, 0.3) is 0 Å². The molecule has 0 rings (SSSR count). The first-order valence-electron chi connectivity index (χ1n) is 9.94. The summed E-state index contributed by atoms with van der Waals surface area (Å²) in [6.07, 6.45) is 1.15. The Morgan fingerprint density at radius 1 is 0.577 bits per heavy atom. The van der Waals surface area contributed by atoms with Crippen LogP contribution in [0.4, 0.5) is 0 Å². The van der Waals surface area contributed by atoms with Crippen molar-refractivity contribution in [2.45, 2.75) is 27.2 Å². The fraction of sp³-hybridized carbons (Fsp3) is 1.00. The van der Waals surface area contributed by atoms with Crippen LogP contribution in [-0.4, -0.2) is 92.4 Å². The lowest BCUT2D eigenvalue weighted by Crippen LogP contribution is -2.21. The molecule has 0 fully saturated rings. The molecule has 7 heteroatoms. The third-order valence-electron chi connectivity index (χ3n) is 3.16. The molecule has 0 bridgehead atoms. The minimum Gasteiger partial charge on any atom is -0.379 e. The summed E-state index contributed by atoms with van der Waals surface area (Å²) in [6.45, 7) is 15.8. The number of hydrogen-bond donors (Lipinski definition) is 1. The molecular formula is C19H43NO6. The van der Waals surface area contributed by atoms with E-state index in [1.54, 1.807) is 0 Å². The van der Waals surface area contributed by atoms with Gasteiger partial charge in [0, 0.05) is 14.6 Å². The van der Waals surface area contributed by atoms with Crippen molar-refractivity contribution < 1.29 is 29.8 Å². The third-order valence-corrected chi connectivity index (χ3v) is 3.16. The molecule has 0 radical (unpaired) electrons. The first-order valence-corrected chi connectivity index (χ1v) is 9.94. The summed E-state index contributed by atoms with van der Waals surface area (Å²) < 4.78 is 32.5. The van der Waals surface area contributed by atoms with Gasteiger partial charge in [0.2, 0.25) is 0 Å². The van der Waals surface area contributed by atoms with Crippen molar-refractivity contribution in [1.29, 1.82) is 0 Å².